The van der Waals surface area contributed by atoms with E-state index in [4.69, 9.17) is 9.47 Å². The molecule has 0 aliphatic carbocycles. The molecular formula is C18H17N3O4S. The van der Waals surface area contributed by atoms with Crippen molar-refractivity contribution in [3.05, 3.63) is 60.4 Å². The molecule has 1 aromatic heterocycles. The fourth-order valence-electron chi connectivity index (χ4n) is 2.74. The molecule has 0 spiro atoms. The zero-order valence-corrected chi connectivity index (χ0v) is 14.9. The molecule has 0 unspecified atom stereocenters. The first-order chi connectivity index (χ1) is 12.5. The van der Waals surface area contributed by atoms with Gasteiger partial charge < -0.3 is 9.47 Å². The van der Waals surface area contributed by atoms with Gasteiger partial charge in [0.1, 0.15) is 18.1 Å². The van der Waals surface area contributed by atoms with E-state index in [1.165, 1.54) is 6.20 Å². The summed E-state index contributed by atoms with van der Waals surface area (Å²) < 4.78 is 40.7. The maximum Gasteiger partial charge on any atom is 0.265 e. The molecule has 1 aliphatic heterocycles. The van der Waals surface area contributed by atoms with Gasteiger partial charge in [-0.1, -0.05) is 18.2 Å². The first kappa shape index (κ1) is 16.5. The maximum absolute atomic E-state index is 12.8. The molecule has 1 aliphatic rings. The number of nitrogens with zero attached hydrogens (tertiary/aromatic N) is 2. The summed E-state index contributed by atoms with van der Waals surface area (Å²) >= 11 is 0. The summed E-state index contributed by atoms with van der Waals surface area (Å²) in [4.78, 5) is 0.122. The molecule has 3 aromatic rings. The predicted molar refractivity (Wildman–Crippen MR) is 96.5 cm³/mol. The topological polar surface area (TPSA) is 82.5 Å². The normalized spacial score (nSPS) is 13.4. The highest BCUT2D eigenvalue weighted by Gasteiger charge is 2.22. The second kappa shape index (κ2) is 6.38. The Kier molecular flexibility index (Phi) is 4.04. The van der Waals surface area contributed by atoms with E-state index < -0.39 is 10.0 Å². The number of benzene rings is 2. The highest BCUT2D eigenvalue weighted by molar-refractivity contribution is 7.92. The van der Waals surface area contributed by atoms with Crippen LogP contribution >= 0.6 is 0 Å². The first-order valence-corrected chi connectivity index (χ1v) is 9.55. The Bertz CT molecular complexity index is 1050. The minimum absolute atomic E-state index is 0.122. The number of sulfonamides is 1. The molecule has 0 saturated carbocycles. The van der Waals surface area contributed by atoms with Gasteiger partial charge in [0.15, 0.2) is 11.5 Å². The van der Waals surface area contributed by atoms with Crippen LogP contribution in [0, 0.1) is 6.92 Å². The summed E-state index contributed by atoms with van der Waals surface area (Å²) in [5, 5.41) is 4.31. The lowest BCUT2D eigenvalue weighted by Crippen LogP contribution is -2.17. The molecular weight excluding hydrogens is 354 g/mol. The highest BCUT2D eigenvalue weighted by atomic mass is 32.2. The van der Waals surface area contributed by atoms with Crippen molar-refractivity contribution in [3.8, 4) is 17.2 Å². The smallest absolute Gasteiger partial charge is 0.265 e. The average molecular weight is 371 g/mol. The summed E-state index contributed by atoms with van der Waals surface area (Å²) in [7, 11) is -3.79. The zero-order chi connectivity index (χ0) is 18.1. The van der Waals surface area contributed by atoms with Crippen molar-refractivity contribution < 1.29 is 17.9 Å². The first-order valence-electron chi connectivity index (χ1n) is 8.07. The third-order valence-corrected chi connectivity index (χ3v) is 5.44. The summed E-state index contributed by atoms with van der Waals surface area (Å²) in [5.41, 5.74) is 1.61. The zero-order valence-electron chi connectivity index (χ0n) is 14.0. The number of hydrogen-bond acceptors (Lipinski definition) is 5. The number of ether oxygens (including phenoxy) is 2. The van der Waals surface area contributed by atoms with E-state index in [1.54, 1.807) is 29.8 Å². The lowest BCUT2D eigenvalue weighted by molar-refractivity contribution is 0.171. The van der Waals surface area contributed by atoms with Gasteiger partial charge in [0.2, 0.25) is 0 Å². The van der Waals surface area contributed by atoms with E-state index in [1.807, 2.05) is 30.3 Å². The van der Waals surface area contributed by atoms with Crippen LogP contribution in [-0.2, 0) is 10.0 Å². The Morgan fingerprint density at radius 3 is 2.54 bits per heavy atom. The van der Waals surface area contributed by atoms with Crippen molar-refractivity contribution in [2.45, 2.75) is 11.8 Å². The SMILES string of the molecule is Cc1nn(-c2ccccc2)cc1S(=O)(=O)Nc1ccc2c(c1)OCCO2. The fraction of sp³-hybridized carbons (Fsp3) is 0.167. The summed E-state index contributed by atoms with van der Waals surface area (Å²) in [6.07, 6.45) is 1.50. The number of rotatable bonds is 4. The van der Waals surface area contributed by atoms with Crippen LogP contribution in [-0.4, -0.2) is 31.4 Å². The molecule has 1 N–H and O–H groups in total. The number of fused-ring (bicyclic) bond motifs is 1. The highest BCUT2D eigenvalue weighted by Crippen LogP contribution is 2.33. The number of hydrogen-bond donors (Lipinski definition) is 1. The van der Waals surface area contributed by atoms with E-state index in [2.05, 4.69) is 9.82 Å². The molecule has 0 bridgehead atoms. The molecule has 0 atom stereocenters. The number of aromatic nitrogens is 2. The molecule has 2 aromatic carbocycles. The molecule has 0 radical (unpaired) electrons. The van der Waals surface area contributed by atoms with Gasteiger partial charge in [0, 0.05) is 6.07 Å². The van der Waals surface area contributed by atoms with Crippen LogP contribution < -0.4 is 14.2 Å². The van der Waals surface area contributed by atoms with E-state index in [0.717, 1.165) is 5.69 Å². The van der Waals surface area contributed by atoms with E-state index in [9.17, 15) is 8.42 Å². The molecule has 8 heteroatoms. The van der Waals surface area contributed by atoms with E-state index in [-0.39, 0.29) is 4.90 Å². The van der Waals surface area contributed by atoms with Crippen LogP contribution in [0.3, 0.4) is 0 Å². The van der Waals surface area contributed by atoms with Crippen LogP contribution in [0.2, 0.25) is 0 Å². The van der Waals surface area contributed by atoms with Crippen molar-refractivity contribution in [1.82, 2.24) is 9.78 Å². The Morgan fingerprint density at radius 2 is 1.77 bits per heavy atom. The van der Waals surface area contributed by atoms with Crippen LogP contribution in [0.15, 0.2) is 59.6 Å². The molecule has 0 saturated heterocycles. The number of para-hydroxylation sites is 1. The summed E-state index contributed by atoms with van der Waals surface area (Å²) in [6, 6.07) is 14.3. The standard InChI is InChI=1S/C18H17N3O4S/c1-13-18(12-21(19-13)15-5-3-2-4-6-15)26(22,23)20-14-7-8-16-17(11-14)25-10-9-24-16/h2-8,11-12,20H,9-10H2,1H3. The van der Waals surface area contributed by atoms with Crippen LogP contribution in [0.4, 0.5) is 5.69 Å². The second-order valence-corrected chi connectivity index (χ2v) is 7.47. The molecule has 134 valence electrons. The van der Waals surface area contributed by atoms with Gasteiger partial charge in [-0.25, -0.2) is 13.1 Å². The minimum atomic E-state index is -3.79. The third kappa shape index (κ3) is 3.11. The van der Waals surface area contributed by atoms with E-state index in [0.29, 0.717) is 36.1 Å². The Balaban J connectivity index is 1.64. The molecule has 2 heterocycles. The summed E-state index contributed by atoms with van der Waals surface area (Å²) in [5.74, 6) is 1.13. The van der Waals surface area contributed by atoms with Crippen molar-refractivity contribution in [2.75, 3.05) is 17.9 Å². The van der Waals surface area contributed by atoms with Crippen LogP contribution in [0.5, 0.6) is 11.5 Å². The van der Waals surface area contributed by atoms with Crippen molar-refractivity contribution >= 4 is 15.7 Å². The molecule has 7 nitrogen and oxygen atoms in total. The van der Waals surface area contributed by atoms with Gasteiger partial charge in [-0.3, -0.25) is 4.72 Å². The van der Waals surface area contributed by atoms with Gasteiger partial charge in [-0.05, 0) is 31.2 Å². The lowest BCUT2D eigenvalue weighted by Gasteiger charge is -2.19. The summed E-state index contributed by atoms with van der Waals surface area (Å²) in [6.45, 7) is 2.58. The van der Waals surface area contributed by atoms with Gasteiger partial charge in [-0.2, -0.15) is 5.10 Å². The largest absolute Gasteiger partial charge is 0.486 e. The quantitative estimate of drug-likeness (QED) is 0.763. The van der Waals surface area contributed by atoms with Gasteiger partial charge in [0.25, 0.3) is 10.0 Å². The Morgan fingerprint density at radius 1 is 1.04 bits per heavy atom. The van der Waals surface area contributed by atoms with Crippen LogP contribution in [0.25, 0.3) is 5.69 Å². The van der Waals surface area contributed by atoms with Crippen molar-refractivity contribution in [2.24, 2.45) is 0 Å². The van der Waals surface area contributed by atoms with Gasteiger partial charge >= 0.3 is 0 Å². The van der Waals surface area contributed by atoms with Crippen molar-refractivity contribution in [1.29, 1.82) is 0 Å². The predicted octanol–water partition coefficient (Wildman–Crippen LogP) is 2.75. The van der Waals surface area contributed by atoms with Gasteiger partial charge in [0.05, 0.1) is 23.3 Å². The number of nitrogens with one attached hydrogen (secondary N) is 1. The fourth-order valence-corrected chi connectivity index (χ4v) is 3.95. The third-order valence-electron chi connectivity index (χ3n) is 3.96. The monoisotopic (exact) mass is 371 g/mol. The minimum Gasteiger partial charge on any atom is -0.486 e. The molecule has 0 amide bonds. The van der Waals surface area contributed by atoms with Gasteiger partial charge in [-0.15, -0.1) is 0 Å². The average Bonchev–Trinajstić information content (AvgIpc) is 3.05. The Labute approximate surface area is 151 Å². The second-order valence-electron chi connectivity index (χ2n) is 5.82. The Hall–Kier alpha value is -3.00. The molecule has 4 rings (SSSR count). The van der Waals surface area contributed by atoms with Crippen LogP contribution in [0.1, 0.15) is 5.69 Å². The number of anilines is 1. The lowest BCUT2D eigenvalue weighted by atomic mass is 10.3. The number of aryl methyl sites for hydroxylation is 1. The van der Waals surface area contributed by atoms with Crippen molar-refractivity contribution in [3.63, 3.8) is 0 Å². The maximum atomic E-state index is 12.8. The molecule has 0 fully saturated rings. The van der Waals surface area contributed by atoms with E-state index >= 15 is 0 Å². The molecule has 26 heavy (non-hydrogen) atoms.